The summed E-state index contributed by atoms with van der Waals surface area (Å²) in [5.74, 6) is -0.247. The van der Waals surface area contributed by atoms with Gasteiger partial charge in [-0.2, -0.15) is 0 Å². The molecule has 3 rings (SSSR count). The summed E-state index contributed by atoms with van der Waals surface area (Å²) in [7, 11) is 0. The number of nitrogens with one attached hydrogen (secondary N) is 1. The first-order valence-electron chi connectivity index (χ1n) is 8.15. The first kappa shape index (κ1) is 17.8. The van der Waals surface area contributed by atoms with Crippen molar-refractivity contribution in [3.63, 3.8) is 0 Å². The molecular weight excluding hydrogens is 359 g/mol. The quantitative estimate of drug-likeness (QED) is 0.878. The highest BCUT2D eigenvalue weighted by molar-refractivity contribution is 6.34. The summed E-state index contributed by atoms with van der Waals surface area (Å²) >= 11 is 12.2. The summed E-state index contributed by atoms with van der Waals surface area (Å²) in [5, 5.41) is 3.90. The maximum absolute atomic E-state index is 12.6. The molecule has 1 fully saturated rings. The van der Waals surface area contributed by atoms with Gasteiger partial charge in [-0.05, 0) is 37.1 Å². The average molecular weight is 377 g/mol. The van der Waals surface area contributed by atoms with Crippen LogP contribution in [0.3, 0.4) is 0 Å². The van der Waals surface area contributed by atoms with E-state index in [9.17, 15) is 9.59 Å². The van der Waals surface area contributed by atoms with Crippen molar-refractivity contribution in [2.24, 2.45) is 0 Å². The van der Waals surface area contributed by atoms with Gasteiger partial charge >= 0.3 is 0 Å². The SMILES string of the molecule is O=C(NC1CCN(C(=O)c2ccccc2Cl)CC1)c1ccccc1Cl. The number of piperidine rings is 1. The average Bonchev–Trinajstić information content (AvgIpc) is 2.62. The van der Waals surface area contributed by atoms with Gasteiger partial charge in [0, 0.05) is 19.1 Å². The van der Waals surface area contributed by atoms with E-state index in [1.165, 1.54) is 0 Å². The highest BCUT2D eigenvalue weighted by Crippen LogP contribution is 2.21. The number of benzene rings is 2. The minimum Gasteiger partial charge on any atom is -0.349 e. The van der Waals surface area contributed by atoms with Gasteiger partial charge in [-0.1, -0.05) is 47.5 Å². The molecule has 6 heteroatoms. The fourth-order valence-electron chi connectivity index (χ4n) is 2.94. The molecule has 4 nitrogen and oxygen atoms in total. The second-order valence-electron chi connectivity index (χ2n) is 6.00. The van der Waals surface area contributed by atoms with Crippen LogP contribution in [-0.2, 0) is 0 Å². The van der Waals surface area contributed by atoms with Crippen molar-refractivity contribution in [1.82, 2.24) is 10.2 Å². The van der Waals surface area contributed by atoms with Crippen LogP contribution in [0.5, 0.6) is 0 Å². The summed E-state index contributed by atoms with van der Waals surface area (Å²) in [6.07, 6.45) is 1.40. The van der Waals surface area contributed by atoms with Gasteiger partial charge in [0.05, 0.1) is 21.2 Å². The zero-order chi connectivity index (χ0) is 17.8. The number of carbonyl (C=O) groups excluding carboxylic acids is 2. The fourth-order valence-corrected chi connectivity index (χ4v) is 3.38. The van der Waals surface area contributed by atoms with Crippen molar-refractivity contribution in [2.75, 3.05) is 13.1 Å². The number of nitrogens with zero attached hydrogens (tertiary/aromatic N) is 1. The van der Waals surface area contributed by atoms with E-state index in [1.54, 1.807) is 53.4 Å². The molecule has 25 heavy (non-hydrogen) atoms. The second kappa shape index (κ2) is 7.89. The lowest BCUT2D eigenvalue weighted by molar-refractivity contribution is 0.0698. The normalized spacial score (nSPS) is 15.0. The molecule has 0 atom stereocenters. The van der Waals surface area contributed by atoms with Gasteiger partial charge in [-0.15, -0.1) is 0 Å². The Labute approximate surface area is 156 Å². The van der Waals surface area contributed by atoms with Crippen LogP contribution in [0.4, 0.5) is 0 Å². The number of carbonyl (C=O) groups is 2. The van der Waals surface area contributed by atoms with Crippen LogP contribution in [0.2, 0.25) is 10.0 Å². The molecule has 2 amide bonds. The molecule has 130 valence electrons. The zero-order valence-electron chi connectivity index (χ0n) is 13.5. The topological polar surface area (TPSA) is 49.4 Å². The maximum atomic E-state index is 12.6. The Morgan fingerprint density at radius 3 is 1.96 bits per heavy atom. The van der Waals surface area contributed by atoms with Crippen LogP contribution in [0.25, 0.3) is 0 Å². The Bertz CT molecular complexity index is 786. The molecule has 1 N–H and O–H groups in total. The van der Waals surface area contributed by atoms with E-state index in [-0.39, 0.29) is 17.9 Å². The molecule has 1 saturated heterocycles. The van der Waals surface area contributed by atoms with Gasteiger partial charge in [-0.3, -0.25) is 9.59 Å². The summed E-state index contributed by atoms with van der Waals surface area (Å²) in [5.41, 5.74) is 0.987. The van der Waals surface area contributed by atoms with Crippen LogP contribution in [0.15, 0.2) is 48.5 Å². The number of hydrogen-bond donors (Lipinski definition) is 1. The molecule has 0 unspecified atom stereocenters. The summed E-state index contributed by atoms with van der Waals surface area (Å²) < 4.78 is 0. The van der Waals surface area contributed by atoms with Crippen LogP contribution >= 0.6 is 23.2 Å². The summed E-state index contributed by atoms with van der Waals surface area (Å²) in [6, 6.07) is 14.0. The lowest BCUT2D eigenvalue weighted by Crippen LogP contribution is -2.46. The molecular formula is C19H18Cl2N2O2. The first-order valence-corrected chi connectivity index (χ1v) is 8.91. The van der Waals surface area contributed by atoms with Crippen molar-refractivity contribution >= 4 is 35.0 Å². The van der Waals surface area contributed by atoms with E-state index in [4.69, 9.17) is 23.2 Å². The van der Waals surface area contributed by atoms with Crippen molar-refractivity contribution < 1.29 is 9.59 Å². The Morgan fingerprint density at radius 1 is 0.880 bits per heavy atom. The van der Waals surface area contributed by atoms with Gasteiger partial charge in [-0.25, -0.2) is 0 Å². The van der Waals surface area contributed by atoms with Crippen LogP contribution in [-0.4, -0.2) is 35.8 Å². The number of hydrogen-bond acceptors (Lipinski definition) is 2. The molecule has 0 saturated carbocycles. The van der Waals surface area contributed by atoms with E-state index in [0.717, 1.165) is 0 Å². The number of rotatable bonds is 3. The molecule has 0 aliphatic carbocycles. The van der Waals surface area contributed by atoms with Crippen LogP contribution < -0.4 is 5.32 Å². The Morgan fingerprint density at radius 2 is 1.40 bits per heavy atom. The number of amides is 2. The van der Waals surface area contributed by atoms with E-state index in [0.29, 0.717) is 47.1 Å². The number of halogens is 2. The molecule has 1 aliphatic heterocycles. The van der Waals surface area contributed by atoms with Gasteiger partial charge in [0.25, 0.3) is 11.8 Å². The van der Waals surface area contributed by atoms with Crippen molar-refractivity contribution in [3.8, 4) is 0 Å². The third kappa shape index (κ3) is 4.14. The maximum Gasteiger partial charge on any atom is 0.255 e. The smallest absolute Gasteiger partial charge is 0.255 e. The predicted molar refractivity (Wildman–Crippen MR) is 99.3 cm³/mol. The van der Waals surface area contributed by atoms with Gasteiger partial charge < -0.3 is 10.2 Å². The highest BCUT2D eigenvalue weighted by Gasteiger charge is 2.26. The number of likely N-dealkylation sites (tertiary alicyclic amines) is 1. The molecule has 0 bridgehead atoms. The molecule has 2 aromatic rings. The Balaban J connectivity index is 1.57. The van der Waals surface area contributed by atoms with E-state index in [1.807, 2.05) is 0 Å². The highest BCUT2D eigenvalue weighted by atomic mass is 35.5. The van der Waals surface area contributed by atoms with Crippen LogP contribution in [0.1, 0.15) is 33.6 Å². The van der Waals surface area contributed by atoms with E-state index in [2.05, 4.69) is 5.32 Å². The third-order valence-electron chi connectivity index (χ3n) is 4.34. The molecule has 0 aromatic heterocycles. The van der Waals surface area contributed by atoms with E-state index >= 15 is 0 Å². The lowest BCUT2D eigenvalue weighted by Gasteiger charge is -2.32. The zero-order valence-corrected chi connectivity index (χ0v) is 15.1. The van der Waals surface area contributed by atoms with Gasteiger partial charge in [0.2, 0.25) is 0 Å². The fraction of sp³-hybridized carbons (Fsp3) is 0.263. The first-order chi connectivity index (χ1) is 12.1. The minimum absolute atomic E-state index is 0.0269. The third-order valence-corrected chi connectivity index (χ3v) is 5.00. The monoisotopic (exact) mass is 376 g/mol. The minimum atomic E-state index is -0.179. The van der Waals surface area contributed by atoms with Gasteiger partial charge in [0.1, 0.15) is 0 Å². The largest absolute Gasteiger partial charge is 0.349 e. The second-order valence-corrected chi connectivity index (χ2v) is 6.81. The molecule has 1 aliphatic rings. The Kier molecular flexibility index (Phi) is 5.61. The lowest BCUT2D eigenvalue weighted by atomic mass is 10.0. The van der Waals surface area contributed by atoms with Crippen LogP contribution in [0, 0.1) is 0 Å². The Hall–Kier alpha value is -2.04. The molecule has 1 heterocycles. The van der Waals surface area contributed by atoms with Crippen molar-refractivity contribution in [3.05, 3.63) is 69.7 Å². The van der Waals surface area contributed by atoms with Crippen molar-refractivity contribution in [1.29, 1.82) is 0 Å². The predicted octanol–water partition coefficient (Wildman–Crippen LogP) is 4.03. The molecule has 2 aromatic carbocycles. The summed E-state index contributed by atoms with van der Waals surface area (Å²) in [4.78, 5) is 26.7. The molecule has 0 radical (unpaired) electrons. The standard InChI is InChI=1S/C19H18Cl2N2O2/c20-16-7-3-1-5-14(16)18(24)22-13-9-11-23(12-10-13)19(25)15-6-2-4-8-17(15)21/h1-8,13H,9-12H2,(H,22,24). The molecule has 0 spiro atoms. The van der Waals surface area contributed by atoms with E-state index < -0.39 is 0 Å². The van der Waals surface area contributed by atoms with Gasteiger partial charge in [0.15, 0.2) is 0 Å². The van der Waals surface area contributed by atoms with Crippen molar-refractivity contribution in [2.45, 2.75) is 18.9 Å². The summed E-state index contributed by atoms with van der Waals surface area (Å²) in [6.45, 7) is 1.16.